The molecule has 5 heteroatoms. The summed E-state index contributed by atoms with van der Waals surface area (Å²) in [5.41, 5.74) is -1.48. The van der Waals surface area contributed by atoms with E-state index in [4.69, 9.17) is 13.7 Å². The standard InChI is InChI=1S/C16H22BFO3/c1-14(2)15(3,4)21-17(20-14)13(18)9-11-10-16(11,5)12-7-6-8-19-12/h6-9,11H,10H2,1-5H3. The largest absolute Gasteiger partial charge is 0.524 e. The molecule has 2 unspecified atom stereocenters. The first-order chi connectivity index (χ1) is 9.66. The molecule has 0 bridgehead atoms. The second kappa shape index (κ2) is 4.46. The Morgan fingerprint density at radius 2 is 1.86 bits per heavy atom. The predicted octanol–water partition coefficient (Wildman–Crippen LogP) is 4.04. The molecule has 2 fully saturated rings. The molecule has 3 rings (SSSR count). The topological polar surface area (TPSA) is 31.6 Å². The van der Waals surface area contributed by atoms with Gasteiger partial charge in [0.15, 0.2) is 0 Å². The molecule has 0 amide bonds. The van der Waals surface area contributed by atoms with Crippen LogP contribution in [0, 0.1) is 5.92 Å². The lowest BCUT2D eigenvalue weighted by molar-refractivity contribution is 0.00578. The first-order valence-corrected chi connectivity index (χ1v) is 7.42. The van der Waals surface area contributed by atoms with E-state index in [-0.39, 0.29) is 17.1 Å². The van der Waals surface area contributed by atoms with Crippen molar-refractivity contribution in [2.45, 2.75) is 57.7 Å². The smallest absolute Gasteiger partial charge is 0.469 e. The van der Waals surface area contributed by atoms with Gasteiger partial charge in [0.25, 0.3) is 0 Å². The summed E-state index contributed by atoms with van der Waals surface area (Å²) >= 11 is 0. The lowest BCUT2D eigenvalue weighted by Crippen LogP contribution is -2.41. The molecule has 0 aromatic carbocycles. The Hall–Kier alpha value is -1.07. The van der Waals surface area contributed by atoms with E-state index in [1.165, 1.54) is 0 Å². The maximum atomic E-state index is 14.5. The fraction of sp³-hybridized carbons (Fsp3) is 0.625. The number of rotatable bonds is 3. The quantitative estimate of drug-likeness (QED) is 0.788. The van der Waals surface area contributed by atoms with E-state index in [1.807, 2.05) is 39.8 Å². The van der Waals surface area contributed by atoms with Crippen LogP contribution in [0.2, 0.25) is 0 Å². The summed E-state index contributed by atoms with van der Waals surface area (Å²) in [5, 5.41) is 0. The van der Waals surface area contributed by atoms with E-state index >= 15 is 0 Å². The zero-order chi connectivity index (χ0) is 15.5. The fourth-order valence-electron chi connectivity index (χ4n) is 2.75. The van der Waals surface area contributed by atoms with Crippen LogP contribution in [0.4, 0.5) is 4.39 Å². The molecule has 1 aromatic rings. The number of halogens is 1. The molecule has 1 saturated heterocycles. The van der Waals surface area contributed by atoms with Gasteiger partial charge in [-0.3, -0.25) is 0 Å². The Bertz CT molecular complexity index is 548. The van der Waals surface area contributed by atoms with Crippen LogP contribution < -0.4 is 0 Å². The van der Waals surface area contributed by atoms with E-state index in [2.05, 4.69) is 6.92 Å². The van der Waals surface area contributed by atoms with Crippen molar-refractivity contribution >= 4 is 7.12 Å². The van der Waals surface area contributed by atoms with Crippen molar-refractivity contribution in [3.63, 3.8) is 0 Å². The second-order valence-electron chi connectivity index (χ2n) is 7.35. The molecule has 2 aliphatic rings. The van der Waals surface area contributed by atoms with Gasteiger partial charge < -0.3 is 13.7 Å². The zero-order valence-electron chi connectivity index (χ0n) is 13.3. The van der Waals surface area contributed by atoms with Crippen LogP contribution in [0.3, 0.4) is 0 Å². The molecule has 3 nitrogen and oxygen atoms in total. The van der Waals surface area contributed by atoms with Gasteiger partial charge in [-0.25, -0.2) is 4.39 Å². The highest BCUT2D eigenvalue weighted by molar-refractivity contribution is 6.53. The molecule has 0 spiro atoms. The molecule has 114 valence electrons. The van der Waals surface area contributed by atoms with E-state index < -0.39 is 18.3 Å². The molecule has 21 heavy (non-hydrogen) atoms. The highest BCUT2D eigenvalue weighted by Gasteiger charge is 2.56. The molecule has 1 aliphatic heterocycles. The normalized spacial score (nSPS) is 34.3. The Labute approximate surface area is 125 Å². The van der Waals surface area contributed by atoms with Gasteiger partial charge in [-0.2, -0.15) is 0 Å². The van der Waals surface area contributed by atoms with E-state index in [1.54, 1.807) is 12.3 Å². The molecule has 1 aromatic heterocycles. The van der Waals surface area contributed by atoms with E-state index in [0.29, 0.717) is 0 Å². The highest BCUT2D eigenvalue weighted by Crippen LogP contribution is 2.55. The van der Waals surface area contributed by atoms with Crippen LogP contribution in [-0.4, -0.2) is 18.3 Å². The summed E-state index contributed by atoms with van der Waals surface area (Å²) < 4.78 is 31.3. The monoisotopic (exact) mass is 292 g/mol. The maximum Gasteiger partial charge on any atom is 0.524 e. The highest BCUT2D eigenvalue weighted by atomic mass is 19.1. The summed E-state index contributed by atoms with van der Waals surface area (Å²) in [6.07, 6.45) is 4.17. The van der Waals surface area contributed by atoms with Crippen LogP contribution in [0.25, 0.3) is 0 Å². The lowest BCUT2D eigenvalue weighted by atomic mass is 9.86. The molecular weight excluding hydrogens is 270 g/mol. The molecule has 2 atom stereocenters. The van der Waals surface area contributed by atoms with Crippen molar-refractivity contribution in [3.05, 3.63) is 36.0 Å². The predicted molar refractivity (Wildman–Crippen MR) is 79.4 cm³/mol. The van der Waals surface area contributed by atoms with E-state index in [0.717, 1.165) is 12.2 Å². The number of hydrogen-bond donors (Lipinski definition) is 0. The summed E-state index contributed by atoms with van der Waals surface area (Å²) in [5.74, 6) is 1.04. The van der Waals surface area contributed by atoms with Crippen molar-refractivity contribution in [2.75, 3.05) is 0 Å². The number of hydrogen-bond acceptors (Lipinski definition) is 3. The van der Waals surface area contributed by atoms with Crippen molar-refractivity contribution in [1.29, 1.82) is 0 Å². The van der Waals surface area contributed by atoms with Crippen LogP contribution in [0.15, 0.2) is 34.6 Å². The van der Waals surface area contributed by atoms with Gasteiger partial charge in [-0.1, -0.05) is 13.0 Å². The number of furan rings is 1. The van der Waals surface area contributed by atoms with Crippen molar-refractivity contribution in [1.82, 2.24) is 0 Å². The van der Waals surface area contributed by atoms with Gasteiger partial charge in [0.05, 0.1) is 17.5 Å². The van der Waals surface area contributed by atoms with Gasteiger partial charge in [0, 0.05) is 5.41 Å². The average Bonchev–Trinajstić information content (AvgIpc) is 2.79. The van der Waals surface area contributed by atoms with Crippen molar-refractivity contribution in [3.8, 4) is 0 Å². The molecule has 0 N–H and O–H groups in total. The minimum Gasteiger partial charge on any atom is -0.469 e. The average molecular weight is 292 g/mol. The van der Waals surface area contributed by atoms with Crippen LogP contribution in [-0.2, 0) is 14.7 Å². The summed E-state index contributed by atoms with van der Waals surface area (Å²) in [7, 11) is -0.906. The third-order valence-corrected chi connectivity index (χ3v) is 5.23. The summed E-state index contributed by atoms with van der Waals surface area (Å²) in [6, 6.07) is 3.81. The SMILES string of the molecule is CC1(c2ccco2)CC1C=C(F)B1OC(C)(C)C(C)(C)O1. The molecule has 1 aliphatic carbocycles. The van der Waals surface area contributed by atoms with Gasteiger partial charge in [-0.05, 0) is 52.2 Å². The van der Waals surface area contributed by atoms with Gasteiger partial charge in [0.2, 0.25) is 0 Å². The second-order valence-corrected chi connectivity index (χ2v) is 7.35. The minimum absolute atomic E-state index is 0.107. The number of allylic oxidation sites excluding steroid dienone is 1. The van der Waals surface area contributed by atoms with Crippen LogP contribution in [0.1, 0.15) is 46.8 Å². The van der Waals surface area contributed by atoms with Crippen molar-refractivity contribution in [2.24, 2.45) is 5.92 Å². The van der Waals surface area contributed by atoms with Gasteiger partial charge >= 0.3 is 7.12 Å². The Morgan fingerprint density at radius 3 is 2.38 bits per heavy atom. The first kappa shape index (κ1) is 14.9. The molecule has 0 radical (unpaired) electrons. The van der Waals surface area contributed by atoms with E-state index in [9.17, 15) is 4.39 Å². The van der Waals surface area contributed by atoms with Crippen LogP contribution >= 0.6 is 0 Å². The first-order valence-electron chi connectivity index (χ1n) is 7.42. The summed E-state index contributed by atoms with van der Waals surface area (Å²) in [6.45, 7) is 9.77. The van der Waals surface area contributed by atoms with Gasteiger partial charge in [0.1, 0.15) is 11.5 Å². The minimum atomic E-state index is -0.906. The zero-order valence-corrected chi connectivity index (χ0v) is 13.3. The summed E-state index contributed by atoms with van der Waals surface area (Å²) in [4.78, 5) is 0. The Kier molecular flexibility index (Phi) is 3.16. The Balaban J connectivity index is 1.72. The third kappa shape index (κ3) is 2.36. The third-order valence-electron chi connectivity index (χ3n) is 5.23. The lowest BCUT2D eigenvalue weighted by Gasteiger charge is -2.32. The van der Waals surface area contributed by atoms with Crippen LogP contribution in [0.5, 0.6) is 0 Å². The van der Waals surface area contributed by atoms with Gasteiger partial charge in [-0.15, -0.1) is 0 Å². The van der Waals surface area contributed by atoms with Crippen molar-refractivity contribution < 1.29 is 18.1 Å². The fourth-order valence-corrected chi connectivity index (χ4v) is 2.75. The molecule has 1 saturated carbocycles. The molecular formula is C16H22BFO3. The Morgan fingerprint density at radius 1 is 1.24 bits per heavy atom. The molecule has 2 heterocycles. The maximum absolute atomic E-state index is 14.5.